The van der Waals surface area contributed by atoms with Gasteiger partial charge in [0, 0.05) is 54.9 Å². The lowest BCUT2D eigenvalue weighted by Crippen LogP contribution is -2.31. The van der Waals surface area contributed by atoms with Crippen LogP contribution in [0, 0.1) is 6.92 Å². The van der Waals surface area contributed by atoms with Crippen LogP contribution in [0.15, 0.2) is 54.2 Å². The molecule has 7 heteroatoms. The van der Waals surface area contributed by atoms with Gasteiger partial charge in [-0.05, 0) is 37.6 Å². The van der Waals surface area contributed by atoms with Crippen LogP contribution in [-0.2, 0) is 0 Å². The first kappa shape index (κ1) is 18.0. The molecule has 1 aromatic carbocycles. The highest BCUT2D eigenvalue weighted by Gasteiger charge is 2.21. The average Bonchev–Trinajstić information content (AvgIpc) is 3.05. The molecule has 4 heterocycles. The highest BCUT2D eigenvalue weighted by atomic mass is 32.1. The molecule has 0 amide bonds. The fraction of sp³-hybridized carbons (Fsp3) is 0.273. The molecule has 0 radical (unpaired) electrons. The summed E-state index contributed by atoms with van der Waals surface area (Å²) in [5.41, 5.74) is 3.00. The lowest BCUT2D eigenvalue weighted by atomic mass is 10.2. The summed E-state index contributed by atoms with van der Waals surface area (Å²) in [5.74, 6) is 1.73. The van der Waals surface area contributed by atoms with Gasteiger partial charge in [-0.15, -0.1) is 11.3 Å². The summed E-state index contributed by atoms with van der Waals surface area (Å²) in [6, 6.07) is 12.2. The SMILES string of the molecule is Cc1csc(N2CCCN(c3nc(-c4cccnc4)nc4ccccc34)CC2)n1. The maximum absolute atomic E-state index is 4.98. The van der Waals surface area contributed by atoms with Gasteiger partial charge in [0.15, 0.2) is 11.0 Å². The normalized spacial score (nSPS) is 14.9. The summed E-state index contributed by atoms with van der Waals surface area (Å²) in [4.78, 5) is 23.5. The Morgan fingerprint density at radius 1 is 0.897 bits per heavy atom. The van der Waals surface area contributed by atoms with Gasteiger partial charge in [0.25, 0.3) is 0 Å². The van der Waals surface area contributed by atoms with Crippen LogP contribution in [0.5, 0.6) is 0 Å². The van der Waals surface area contributed by atoms with Crippen molar-refractivity contribution in [1.82, 2.24) is 19.9 Å². The van der Waals surface area contributed by atoms with E-state index in [9.17, 15) is 0 Å². The van der Waals surface area contributed by atoms with Crippen molar-refractivity contribution in [2.45, 2.75) is 13.3 Å². The fourth-order valence-electron chi connectivity index (χ4n) is 3.73. The molecule has 0 aliphatic carbocycles. The van der Waals surface area contributed by atoms with Gasteiger partial charge in [0.2, 0.25) is 0 Å². The van der Waals surface area contributed by atoms with Crippen LogP contribution in [0.4, 0.5) is 10.9 Å². The van der Waals surface area contributed by atoms with Gasteiger partial charge in [-0.3, -0.25) is 4.98 Å². The molecule has 6 nitrogen and oxygen atoms in total. The van der Waals surface area contributed by atoms with E-state index in [-0.39, 0.29) is 0 Å². The maximum atomic E-state index is 4.98. The van der Waals surface area contributed by atoms with Gasteiger partial charge < -0.3 is 9.80 Å². The van der Waals surface area contributed by atoms with Crippen molar-refractivity contribution in [2.75, 3.05) is 36.0 Å². The molecule has 1 saturated heterocycles. The van der Waals surface area contributed by atoms with E-state index in [0.717, 1.165) is 71.5 Å². The Morgan fingerprint density at radius 3 is 2.59 bits per heavy atom. The molecule has 1 aliphatic rings. The number of fused-ring (bicyclic) bond motifs is 1. The van der Waals surface area contributed by atoms with E-state index in [1.807, 2.05) is 24.4 Å². The largest absolute Gasteiger partial charge is 0.354 e. The van der Waals surface area contributed by atoms with Crippen molar-refractivity contribution in [2.24, 2.45) is 0 Å². The van der Waals surface area contributed by atoms with Crippen LogP contribution in [-0.4, -0.2) is 46.1 Å². The molecule has 4 aromatic rings. The minimum absolute atomic E-state index is 0.725. The molecule has 0 N–H and O–H groups in total. The van der Waals surface area contributed by atoms with Crippen molar-refractivity contribution in [1.29, 1.82) is 0 Å². The van der Waals surface area contributed by atoms with Crippen LogP contribution in [0.1, 0.15) is 12.1 Å². The molecule has 0 spiro atoms. The van der Waals surface area contributed by atoms with E-state index in [1.54, 1.807) is 17.5 Å². The smallest absolute Gasteiger partial charge is 0.185 e. The lowest BCUT2D eigenvalue weighted by Gasteiger charge is -2.24. The first-order valence-corrected chi connectivity index (χ1v) is 10.7. The zero-order chi connectivity index (χ0) is 19.6. The molecule has 146 valence electrons. The Hall–Kier alpha value is -3.06. The minimum atomic E-state index is 0.725. The molecule has 0 unspecified atom stereocenters. The first-order valence-electron chi connectivity index (χ1n) is 9.87. The standard InChI is InChI=1S/C22H22N6S/c1-16-15-29-22(24-16)28-11-5-10-27(12-13-28)21-18-7-2-3-8-19(18)25-20(26-21)17-6-4-9-23-14-17/h2-4,6-9,14-15H,5,10-13H2,1H3. The molecule has 29 heavy (non-hydrogen) atoms. The first-order chi connectivity index (χ1) is 14.3. The lowest BCUT2D eigenvalue weighted by molar-refractivity contribution is 0.798. The third-order valence-corrected chi connectivity index (χ3v) is 6.19. The second-order valence-electron chi connectivity index (χ2n) is 7.23. The van der Waals surface area contributed by atoms with Crippen LogP contribution in [0.25, 0.3) is 22.3 Å². The molecule has 1 aliphatic heterocycles. The predicted molar refractivity (Wildman–Crippen MR) is 119 cm³/mol. The van der Waals surface area contributed by atoms with Crippen molar-refractivity contribution in [3.63, 3.8) is 0 Å². The quantitative estimate of drug-likeness (QED) is 0.513. The van der Waals surface area contributed by atoms with Crippen LogP contribution >= 0.6 is 11.3 Å². The molecular formula is C22H22N6S. The summed E-state index contributed by atoms with van der Waals surface area (Å²) in [6.07, 6.45) is 4.66. The van der Waals surface area contributed by atoms with Gasteiger partial charge in [0.05, 0.1) is 11.2 Å². The predicted octanol–water partition coefficient (Wildman–Crippen LogP) is 4.17. The van der Waals surface area contributed by atoms with Crippen molar-refractivity contribution < 1.29 is 0 Å². The average molecular weight is 403 g/mol. The summed E-state index contributed by atoms with van der Waals surface area (Å²) in [6.45, 7) is 5.88. The zero-order valence-corrected chi connectivity index (χ0v) is 17.1. The molecule has 0 bridgehead atoms. The molecule has 0 saturated carbocycles. The number of thiazole rings is 1. The van der Waals surface area contributed by atoms with Gasteiger partial charge in [-0.1, -0.05) is 12.1 Å². The van der Waals surface area contributed by atoms with Gasteiger partial charge in [-0.25, -0.2) is 15.0 Å². The summed E-state index contributed by atoms with van der Waals surface area (Å²) >= 11 is 1.73. The van der Waals surface area contributed by atoms with E-state index < -0.39 is 0 Å². The number of anilines is 2. The van der Waals surface area contributed by atoms with Crippen molar-refractivity contribution >= 4 is 33.2 Å². The Kier molecular flexibility index (Phi) is 4.81. The number of para-hydroxylation sites is 1. The van der Waals surface area contributed by atoms with Crippen molar-refractivity contribution in [3.05, 3.63) is 59.9 Å². The third kappa shape index (κ3) is 3.65. The second kappa shape index (κ2) is 7.75. The number of hydrogen-bond donors (Lipinski definition) is 0. The Morgan fingerprint density at radius 2 is 1.76 bits per heavy atom. The topological polar surface area (TPSA) is 58.0 Å². The van der Waals surface area contributed by atoms with E-state index in [2.05, 4.69) is 50.3 Å². The van der Waals surface area contributed by atoms with Crippen LogP contribution < -0.4 is 9.80 Å². The molecule has 3 aromatic heterocycles. The number of pyridine rings is 1. The zero-order valence-electron chi connectivity index (χ0n) is 16.3. The highest BCUT2D eigenvalue weighted by Crippen LogP contribution is 2.29. The number of aryl methyl sites for hydroxylation is 1. The number of nitrogens with zero attached hydrogens (tertiary/aromatic N) is 6. The van der Waals surface area contributed by atoms with Crippen LogP contribution in [0.2, 0.25) is 0 Å². The Balaban J connectivity index is 1.50. The number of aromatic nitrogens is 4. The van der Waals surface area contributed by atoms with Crippen molar-refractivity contribution in [3.8, 4) is 11.4 Å². The third-order valence-electron chi connectivity index (χ3n) is 5.18. The van der Waals surface area contributed by atoms with Gasteiger partial charge in [0.1, 0.15) is 5.82 Å². The fourth-order valence-corrected chi connectivity index (χ4v) is 4.59. The monoisotopic (exact) mass is 402 g/mol. The summed E-state index contributed by atoms with van der Waals surface area (Å²) < 4.78 is 0. The molecule has 1 fully saturated rings. The van der Waals surface area contributed by atoms with E-state index >= 15 is 0 Å². The molecular weight excluding hydrogens is 380 g/mol. The van der Waals surface area contributed by atoms with E-state index in [0.29, 0.717) is 0 Å². The van der Waals surface area contributed by atoms with Crippen LogP contribution in [0.3, 0.4) is 0 Å². The molecule has 0 atom stereocenters. The summed E-state index contributed by atoms with van der Waals surface area (Å²) in [7, 11) is 0. The Labute approximate surface area is 173 Å². The number of rotatable bonds is 3. The van der Waals surface area contributed by atoms with Gasteiger partial charge >= 0.3 is 0 Å². The Bertz CT molecular complexity index is 1130. The van der Waals surface area contributed by atoms with Gasteiger partial charge in [-0.2, -0.15) is 0 Å². The maximum Gasteiger partial charge on any atom is 0.185 e. The van der Waals surface area contributed by atoms with E-state index in [4.69, 9.17) is 9.97 Å². The highest BCUT2D eigenvalue weighted by molar-refractivity contribution is 7.13. The summed E-state index contributed by atoms with van der Waals surface area (Å²) in [5, 5.41) is 4.34. The number of benzene rings is 1. The van der Waals surface area contributed by atoms with E-state index in [1.165, 1.54) is 0 Å². The minimum Gasteiger partial charge on any atom is -0.354 e. The number of hydrogen-bond acceptors (Lipinski definition) is 7. The second-order valence-corrected chi connectivity index (χ2v) is 8.07. The molecule has 5 rings (SSSR count).